The van der Waals surface area contributed by atoms with Gasteiger partial charge in [-0.2, -0.15) is 0 Å². The maximum absolute atomic E-state index is 11.9. The molecule has 5 nitrogen and oxygen atoms in total. The summed E-state index contributed by atoms with van der Waals surface area (Å²) in [6.07, 6.45) is -0.355. The maximum Gasteiger partial charge on any atom is 0.251 e. The fourth-order valence-corrected chi connectivity index (χ4v) is 2.36. The van der Waals surface area contributed by atoms with Crippen LogP contribution in [-0.4, -0.2) is 48.2 Å². The van der Waals surface area contributed by atoms with Gasteiger partial charge in [-0.3, -0.25) is 4.79 Å². The zero-order valence-electron chi connectivity index (χ0n) is 11.2. The van der Waals surface area contributed by atoms with Crippen molar-refractivity contribution in [1.82, 2.24) is 10.2 Å². The van der Waals surface area contributed by atoms with Gasteiger partial charge in [-0.15, -0.1) is 0 Å². The first-order valence-corrected chi connectivity index (χ1v) is 6.64. The number of carbonyl (C=O) groups is 1. The summed E-state index contributed by atoms with van der Waals surface area (Å²) < 4.78 is 0. The second-order valence-electron chi connectivity index (χ2n) is 5.01. The molecule has 104 valence electrons. The van der Waals surface area contributed by atoms with Gasteiger partial charge in [0.2, 0.25) is 0 Å². The van der Waals surface area contributed by atoms with Crippen LogP contribution in [-0.2, 0) is 0 Å². The first-order valence-electron chi connectivity index (χ1n) is 6.64. The number of hydrogen-bond acceptors (Lipinski definition) is 4. The van der Waals surface area contributed by atoms with Crippen molar-refractivity contribution in [2.24, 2.45) is 5.92 Å². The highest BCUT2D eigenvalue weighted by molar-refractivity contribution is 5.94. The molecule has 0 radical (unpaired) electrons. The Morgan fingerprint density at radius 3 is 2.68 bits per heavy atom. The van der Waals surface area contributed by atoms with E-state index >= 15 is 0 Å². The molecule has 1 fully saturated rings. The SMILES string of the molecule is CCN1CC(O)C(CNC(=O)c2ccc(N)cc2)C1. The van der Waals surface area contributed by atoms with Gasteiger partial charge in [0.25, 0.3) is 5.91 Å². The predicted octanol–water partition coefficient (Wildman–Crippen LogP) is 0.311. The van der Waals surface area contributed by atoms with Gasteiger partial charge in [0.15, 0.2) is 0 Å². The summed E-state index contributed by atoms with van der Waals surface area (Å²) >= 11 is 0. The largest absolute Gasteiger partial charge is 0.399 e. The topological polar surface area (TPSA) is 78.6 Å². The molecule has 0 saturated carbocycles. The molecule has 0 bridgehead atoms. The number of amides is 1. The van der Waals surface area contributed by atoms with Crippen molar-refractivity contribution in [2.75, 3.05) is 31.9 Å². The number of carbonyl (C=O) groups excluding carboxylic acids is 1. The lowest BCUT2D eigenvalue weighted by Gasteiger charge is -2.14. The van der Waals surface area contributed by atoms with E-state index in [2.05, 4.69) is 17.1 Å². The molecule has 2 unspecified atom stereocenters. The number of nitrogens with two attached hydrogens (primary N) is 1. The minimum atomic E-state index is -0.355. The molecule has 5 heteroatoms. The minimum Gasteiger partial charge on any atom is -0.399 e. The number of anilines is 1. The van der Waals surface area contributed by atoms with E-state index in [1.807, 2.05) is 0 Å². The summed E-state index contributed by atoms with van der Waals surface area (Å²) in [5.74, 6) is -0.0140. The molecule has 2 rings (SSSR count). The molecule has 0 aromatic heterocycles. The summed E-state index contributed by atoms with van der Waals surface area (Å²) in [5.41, 5.74) is 6.81. The molecule has 19 heavy (non-hydrogen) atoms. The van der Waals surface area contributed by atoms with E-state index in [-0.39, 0.29) is 17.9 Å². The predicted molar refractivity (Wildman–Crippen MR) is 74.8 cm³/mol. The van der Waals surface area contributed by atoms with Gasteiger partial charge >= 0.3 is 0 Å². The van der Waals surface area contributed by atoms with Gasteiger partial charge in [0.05, 0.1) is 6.10 Å². The van der Waals surface area contributed by atoms with E-state index in [9.17, 15) is 9.90 Å². The third-order valence-corrected chi connectivity index (χ3v) is 3.63. The quantitative estimate of drug-likeness (QED) is 0.683. The number of aliphatic hydroxyl groups excluding tert-OH is 1. The van der Waals surface area contributed by atoms with E-state index < -0.39 is 0 Å². The second-order valence-corrected chi connectivity index (χ2v) is 5.01. The van der Waals surface area contributed by atoms with E-state index in [1.165, 1.54) is 0 Å². The molecule has 1 aliphatic rings. The zero-order valence-corrected chi connectivity index (χ0v) is 11.2. The van der Waals surface area contributed by atoms with Crippen molar-refractivity contribution in [3.63, 3.8) is 0 Å². The Balaban J connectivity index is 1.85. The molecule has 4 N–H and O–H groups in total. The molecule has 1 amide bonds. The maximum atomic E-state index is 11.9. The Morgan fingerprint density at radius 1 is 1.42 bits per heavy atom. The molecule has 1 aromatic carbocycles. The lowest BCUT2D eigenvalue weighted by atomic mass is 10.1. The van der Waals surface area contributed by atoms with Crippen molar-refractivity contribution >= 4 is 11.6 Å². The lowest BCUT2D eigenvalue weighted by molar-refractivity contribution is 0.0927. The van der Waals surface area contributed by atoms with Crippen LogP contribution in [0.2, 0.25) is 0 Å². The first-order chi connectivity index (χ1) is 9.10. The van der Waals surface area contributed by atoms with Gasteiger partial charge < -0.3 is 21.1 Å². The number of likely N-dealkylation sites (N-methyl/N-ethyl adjacent to an activating group) is 1. The van der Waals surface area contributed by atoms with Crippen LogP contribution in [0.15, 0.2) is 24.3 Å². The van der Waals surface area contributed by atoms with Crippen molar-refractivity contribution < 1.29 is 9.90 Å². The van der Waals surface area contributed by atoms with Crippen LogP contribution in [0.25, 0.3) is 0 Å². The van der Waals surface area contributed by atoms with Crippen LogP contribution in [0.5, 0.6) is 0 Å². The fraction of sp³-hybridized carbons (Fsp3) is 0.500. The minimum absolute atomic E-state index is 0.109. The molecular weight excluding hydrogens is 242 g/mol. The summed E-state index contributed by atoms with van der Waals surface area (Å²) in [6.45, 7) is 5.03. The standard InChI is InChI=1S/C14H21N3O2/c1-2-17-8-11(13(18)9-17)7-16-14(19)10-3-5-12(15)6-4-10/h3-6,11,13,18H,2,7-9,15H2,1H3,(H,16,19). The van der Waals surface area contributed by atoms with Gasteiger partial charge in [-0.25, -0.2) is 0 Å². The van der Waals surface area contributed by atoms with Crippen LogP contribution >= 0.6 is 0 Å². The van der Waals surface area contributed by atoms with Gasteiger partial charge in [-0.1, -0.05) is 6.92 Å². The van der Waals surface area contributed by atoms with Crippen molar-refractivity contribution in [3.05, 3.63) is 29.8 Å². The van der Waals surface area contributed by atoms with Crippen molar-refractivity contribution in [1.29, 1.82) is 0 Å². The summed E-state index contributed by atoms with van der Waals surface area (Å²) in [5, 5.41) is 12.8. The Morgan fingerprint density at radius 2 is 2.11 bits per heavy atom. The highest BCUT2D eigenvalue weighted by Crippen LogP contribution is 2.16. The van der Waals surface area contributed by atoms with Crippen LogP contribution in [0.4, 0.5) is 5.69 Å². The number of β-amino-alcohol motifs (C(OH)–C–C–N with tert-alkyl or cyclic N) is 1. The molecule has 0 spiro atoms. The monoisotopic (exact) mass is 263 g/mol. The lowest BCUT2D eigenvalue weighted by Crippen LogP contribution is -2.34. The molecule has 1 saturated heterocycles. The number of aliphatic hydroxyl groups is 1. The third kappa shape index (κ3) is 3.45. The Bertz CT molecular complexity index is 433. The fourth-order valence-electron chi connectivity index (χ4n) is 2.36. The van der Waals surface area contributed by atoms with Gasteiger partial charge in [0, 0.05) is 36.8 Å². The summed E-state index contributed by atoms with van der Waals surface area (Å²) in [6, 6.07) is 6.82. The number of nitrogen functional groups attached to an aromatic ring is 1. The van der Waals surface area contributed by atoms with Gasteiger partial charge in [-0.05, 0) is 30.8 Å². The average Bonchev–Trinajstić information content (AvgIpc) is 2.77. The van der Waals surface area contributed by atoms with Crippen LogP contribution in [0, 0.1) is 5.92 Å². The number of rotatable bonds is 4. The molecule has 1 aliphatic heterocycles. The smallest absolute Gasteiger partial charge is 0.251 e. The summed E-state index contributed by atoms with van der Waals surface area (Å²) in [4.78, 5) is 14.1. The van der Waals surface area contributed by atoms with E-state index in [4.69, 9.17) is 5.73 Å². The van der Waals surface area contributed by atoms with E-state index in [1.54, 1.807) is 24.3 Å². The zero-order chi connectivity index (χ0) is 13.8. The normalized spacial score (nSPS) is 23.5. The van der Waals surface area contributed by atoms with E-state index in [0.717, 1.165) is 13.1 Å². The molecule has 2 atom stereocenters. The Kier molecular flexibility index (Phi) is 4.39. The molecule has 1 aromatic rings. The number of likely N-dealkylation sites (tertiary alicyclic amines) is 1. The van der Waals surface area contributed by atoms with Crippen molar-refractivity contribution in [3.8, 4) is 0 Å². The Hall–Kier alpha value is -1.59. The average molecular weight is 263 g/mol. The number of nitrogens with zero attached hydrogens (tertiary/aromatic N) is 1. The number of nitrogens with one attached hydrogen (secondary N) is 1. The van der Waals surface area contributed by atoms with Gasteiger partial charge in [0.1, 0.15) is 0 Å². The molecule has 1 heterocycles. The first kappa shape index (κ1) is 13.8. The number of hydrogen-bond donors (Lipinski definition) is 3. The molecule has 0 aliphatic carbocycles. The highest BCUT2D eigenvalue weighted by Gasteiger charge is 2.30. The second kappa shape index (κ2) is 6.04. The van der Waals surface area contributed by atoms with E-state index in [0.29, 0.717) is 24.3 Å². The summed E-state index contributed by atoms with van der Waals surface area (Å²) in [7, 11) is 0. The number of benzene rings is 1. The van der Waals surface area contributed by atoms with Crippen LogP contribution < -0.4 is 11.1 Å². The van der Waals surface area contributed by atoms with Crippen molar-refractivity contribution in [2.45, 2.75) is 13.0 Å². The third-order valence-electron chi connectivity index (χ3n) is 3.63. The molecular formula is C14H21N3O2. The van der Waals surface area contributed by atoms with Crippen LogP contribution in [0.1, 0.15) is 17.3 Å². The Labute approximate surface area is 113 Å². The van der Waals surface area contributed by atoms with Crippen LogP contribution in [0.3, 0.4) is 0 Å². The highest BCUT2D eigenvalue weighted by atomic mass is 16.3.